The fraction of sp³-hybridized carbons (Fsp3) is 0.0625. The van der Waals surface area contributed by atoms with Gasteiger partial charge >= 0.3 is 0 Å². The normalized spacial score (nSPS) is 13.8. The van der Waals surface area contributed by atoms with Gasteiger partial charge in [0.2, 0.25) is 0 Å². The topological polar surface area (TPSA) is 16.4 Å². The molecular weight excluding hydrogens is 799 g/mol. The van der Waals surface area contributed by atoms with Gasteiger partial charge in [0, 0.05) is 33.2 Å². The maximum absolute atomic E-state index is 6.59. The largest absolute Gasteiger partial charge is 0.456 e. The van der Waals surface area contributed by atoms with E-state index in [4.69, 9.17) is 4.42 Å². The molecule has 1 aromatic heterocycles. The highest BCUT2D eigenvalue weighted by molar-refractivity contribution is 6.13. The van der Waals surface area contributed by atoms with Crippen LogP contribution < -0.4 is 4.90 Å². The van der Waals surface area contributed by atoms with Crippen molar-refractivity contribution in [2.45, 2.75) is 24.7 Å². The van der Waals surface area contributed by atoms with Crippen molar-refractivity contribution in [3.05, 3.63) is 270 Å². The fourth-order valence-electron chi connectivity index (χ4n) is 11.5. The first-order chi connectivity index (χ1) is 32.5. The summed E-state index contributed by atoms with van der Waals surface area (Å²) in [6.45, 7) is 4.72. The first kappa shape index (κ1) is 38.3. The predicted molar refractivity (Wildman–Crippen MR) is 274 cm³/mol. The molecular formula is C64H45NO. The molecule has 0 radical (unpaired) electrons. The lowest BCUT2D eigenvalue weighted by atomic mass is 9.67. The molecule has 0 saturated heterocycles. The van der Waals surface area contributed by atoms with E-state index >= 15 is 0 Å². The van der Waals surface area contributed by atoms with Gasteiger partial charge in [0.1, 0.15) is 11.2 Å². The Hall–Kier alpha value is -8.20. The summed E-state index contributed by atoms with van der Waals surface area (Å²) in [7, 11) is 0. The summed E-state index contributed by atoms with van der Waals surface area (Å²) >= 11 is 0. The second-order valence-corrected chi connectivity index (χ2v) is 18.4. The average Bonchev–Trinajstić information content (AvgIpc) is 3.98. The third-order valence-corrected chi connectivity index (χ3v) is 14.6. The number of rotatable bonds is 7. The van der Waals surface area contributed by atoms with Crippen LogP contribution in [0.1, 0.15) is 47.2 Å². The van der Waals surface area contributed by atoms with Crippen molar-refractivity contribution in [1.29, 1.82) is 0 Å². The molecule has 2 nitrogen and oxygen atoms in total. The molecule has 2 heteroatoms. The fourth-order valence-corrected chi connectivity index (χ4v) is 11.5. The Balaban J connectivity index is 1.03. The second-order valence-electron chi connectivity index (χ2n) is 18.4. The van der Waals surface area contributed by atoms with E-state index in [1.165, 1.54) is 72.3 Å². The highest BCUT2D eigenvalue weighted by Gasteiger charge is 2.46. The van der Waals surface area contributed by atoms with Crippen molar-refractivity contribution in [2.75, 3.05) is 4.90 Å². The van der Waals surface area contributed by atoms with E-state index in [2.05, 4.69) is 255 Å². The van der Waals surface area contributed by atoms with E-state index in [-0.39, 0.29) is 5.41 Å². The monoisotopic (exact) mass is 843 g/mol. The van der Waals surface area contributed by atoms with Crippen LogP contribution in [0.15, 0.2) is 241 Å². The summed E-state index contributed by atoms with van der Waals surface area (Å²) in [4.78, 5) is 2.44. The Morgan fingerprint density at radius 1 is 0.333 bits per heavy atom. The van der Waals surface area contributed by atoms with Gasteiger partial charge in [-0.1, -0.05) is 196 Å². The van der Waals surface area contributed by atoms with Crippen LogP contribution in [0.2, 0.25) is 0 Å². The van der Waals surface area contributed by atoms with Gasteiger partial charge in [0.05, 0.1) is 5.41 Å². The minimum absolute atomic E-state index is 0.156. The van der Waals surface area contributed by atoms with Gasteiger partial charge in [-0.05, 0) is 132 Å². The predicted octanol–water partition coefficient (Wildman–Crippen LogP) is 17.1. The lowest BCUT2D eigenvalue weighted by molar-refractivity contribution is 0.660. The number of anilines is 3. The molecule has 0 unspecified atom stereocenters. The molecule has 13 rings (SSSR count). The van der Waals surface area contributed by atoms with E-state index in [1.54, 1.807) is 0 Å². The van der Waals surface area contributed by atoms with Crippen LogP contribution in [0.4, 0.5) is 17.1 Å². The SMILES string of the molecule is CC1(C)c2ccccc2-c2ccc(N(c3ccc(C4(c5cccc(-c6ccccc6)c5)c5ccccc5-c5ccccc54)cc3)c3ccc4oc5cccc(-c6ccccc6)c5c4c3)cc21. The number of fused-ring (bicyclic) bond motifs is 9. The van der Waals surface area contributed by atoms with Crippen LogP contribution in [-0.2, 0) is 10.8 Å². The summed E-state index contributed by atoms with van der Waals surface area (Å²) in [6, 6.07) is 87.0. The number of furan rings is 1. The Morgan fingerprint density at radius 2 is 0.864 bits per heavy atom. The van der Waals surface area contributed by atoms with Crippen molar-refractivity contribution in [1.82, 2.24) is 0 Å². The van der Waals surface area contributed by atoms with Gasteiger partial charge in [-0.25, -0.2) is 0 Å². The zero-order chi connectivity index (χ0) is 44.0. The summed E-state index contributed by atoms with van der Waals surface area (Å²) < 4.78 is 6.59. The zero-order valence-electron chi connectivity index (χ0n) is 36.9. The Kier molecular flexibility index (Phi) is 8.51. The summed E-state index contributed by atoms with van der Waals surface area (Å²) in [5, 5.41) is 2.22. The minimum atomic E-state index is -0.548. The molecule has 66 heavy (non-hydrogen) atoms. The maximum atomic E-state index is 6.59. The molecule has 0 N–H and O–H groups in total. The van der Waals surface area contributed by atoms with Gasteiger partial charge in [0.25, 0.3) is 0 Å². The Bertz CT molecular complexity index is 3630. The Labute approximate surface area is 385 Å². The zero-order valence-corrected chi connectivity index (χ0v) is 36.9. The van der Waals surface area contributed by atoms with Crippen LogP contribution in [0.3, 0.4) is 0 Å². The second kappa shape index (κ2) is 14.7. The van der Waals surface area contributed by atoms with Crippen molar-refractivity contribution >= 4 is 39.0 Å². The third kappa shape index (κ3) is 5.61. The van der Waals surface area contributed by atoms with Gasteiger partial charge in [-0.15, -0.1) is 0 Å². The van der Waals surface area contributed by atoms with E-state index in [1.807, 2.05) is 0 Å². The molecule has 0 atom stereocenters. The van der Waals surface area contributed by atoms with Gasteiger partial charge in [-0.2, -0.15) is 0 Å². The van der Waals surface area contributed by atoms with Gasteiger partial charge < -0.3 is 9.32 Å². The first-order valence-electron chi connectivity index (χ1n) is 23.0. The molecule has 312 valence electrons. The lowest BCUT2D eigenvalue weighted by Gasteiger charge is -2.35. The number of nitrogens with zero attached hydrogens (tertiary/aromatic N) is 1. The molecule has 0 fully saturated rings. The molecule has 0 bridgehead atoms. The minimum Gasteiger partial charge on any atom is -0.456 e. The van der Waals surface area contributed by atoms with Crippen molar-refractivity contribution in [3.63, 3.8) is 0 Å². The summed E-state index contributed by atoms with van der Waals surface area (Å²) in [6.07, 6.45) is 0. The van der Waals surface area contributed by atoms with Crippen molar-refractivity contribution in [3.8, 4) is 44.5 Å². The average molecular weight is 844 g/mol. The van der Waals surface area contributed by atoms with Crippen LogP contribution in [-0.4, -0.2) is 0 Å². The first-order valence-corrected chi connectivity index (χ1v) is 23.0. The number of hydrogen-bond acceptors (Lipinski definition) is 2. The van der Waals surface area contributed by atoms with E-state index in [9.17, 15) is 0 Å². The molecule has 11 aromatic rings. The smallest absolute Gasteiger partial charge is 0.136 e. The van der Waals surface area contributed by atoms with Crippen molar-refractivity contribution < 1.29 is 4.42 Å². The van der Waals surface area contributed by atoms with E-state index < -0.39 is 5.41 Å². The number of benzene rings is 10. The molecule has 0 saturated carbocycles. The van der Waals surface area contributed by atoms with Crippen LogP contribution in [0.25, 0.3) is 66.4 Å². The van der Waals surface area contributed by atoms with Gasteiger partial charge in [0.15, 0.2) is 0 Å². The molecule has 0 amide bonds. The van der Waals surface area contributed by atoms with Crippen molar-refractivity contribution in [2.24, 2.45) is 0 Å². The summed E-state index contributed by atoms with van der Waals surface area (Å²) in [5.74, 6) is 0. The molecule has 1 heterocycles. The van der Waals surface area contributed by atoms with Gasteiger partial charge in [-0.3, -0.25) is 0 Å². The highest BCUT2D eigenvalue weighted by atomic mass is 16.3. The third-order valence-electron chi connectivity index (χ3n) is 14.6. The van der Waals surface area contributed by atoms with Crippen LogP contribution in [0, 0.1) is 0 Å². The standard InChI is InChI=1S/C64H45NO/c1-63(2)56-27-12-9-23-51(56)54-37-35-49(41-59(54)63)65(48-36-38-60-55(40-48)62-50(26-16-30-61(62)66-60)43-19-7-4-8-20-43)47-33-31-45(32-34-47)64(46-22-15-21-44(39-46)42-17-5-3-6-18-42)57-28-13-10-24-52(57)53-25-11-14-29-58(53)64/h3-41H,1-2H3. The molecule has 10 aromatic carbocycles. The number of hydrogen-bond donors (Lipinski definition) is 0. The molecule has 0 aliphatic heterocycles. The molecule has 2 aliphatic carbocycles. The molecule has 2 aliphatic rings. The Morgan fingerprint density at radius 3 is 1.58 bits per heavy atom. The van der Waals surface area contributed by atoms with E-state index in [0.717, 1.165) is 44.6 Å². The van der Waals surface area contributed by atoms with Crippen LogP contribution in [0.5, 0.6) is 0 Å². The quantitative estimate of drug-likeness (QED) is 0.159. The highest BCUT2D eigenvalue weighted by Crippen LogP contribution is 2.57. The maximum Gasteiger partial charge on any atom is 0.136 e. The molecule has 0 spiro atoms. The van der Waals surface area contributed by atoms with Crippen LogP contribution >= 0.6 is 0 Å². The summed E-state index contributed by atoms with van der Waals surface area (Å²) in [5.41, 5.74) is 22.0. The lowest BCUT2D eigenvalue weighted by Crippen LogP contribution is -2.28. The van der Waals surface area contributed by atoms with E-state index in [0.29, 0.717) is 0 Å².